The van der Waals surface area contributed by atoms with E-state index in [4.69, 9.17) is 4.74 Å². The molecule has 0 bridgehead atoms. The third-order valence-electron chi connectivity index (χ3n) is 12.7. The SMILES string of the molecule is O=C(Cc1c2c(cc3c1CCC3)CCC2)CS(=O)(=O)C1CN(C(=O)OCc2ccccc2)C1.O=C(Cc1c2c(cc3c1CCC3)CCC2)CS(=O)(=O)C1CNC1. The molecule has 0 atom stereocenters. The van der Waals surface area contributed by atoms with Gasteiger partial charge >= 0.3 is 6.09 Å². The van der Waals surface area contributed by atoms with Crippen molar-refractivity contribution in [3.8, 4) is 0 Å². The molecule has 2 saturated heterocycles. The molecule has 2 aliphatic heterocycles. The van der Waals surface area contributed by atoms with Gasteiger partial charge in [0.1, 0.15) is 18.1 Å². The van der Waals surface area contributed by atoms with Gasteiger partial charge in [-0.25, -0.2) is 21.6 Å². The van der Waals surface area contributed by atoms with Crippen LogP contribution in [-0.2, 0) is 105 Å². The van der Waals surface area contributed by atoms with E-state index >= 15 is 0 Å². The number of ketones is 2. The molecule has 12 heteroatoms. The van der Waals surface area contributed by atoms with E-state index in [1.165, 1.54) is 55.0 Å². The molecule has 0 spiro atoms. The second-order valence-electron chi connectivity index (χ2n) is 16.6. The number of ether oxygens (including phenoxy) is 1. The van der Waals surface area contributed by atoms with Gasteiger partial charge in [0.15, 0.2) is 31.2 Å². The molecule has 0 unspecified atom stereocenters. The van der Waals surface area contributed by atoms with Gasteiger partial charge in [-0.15, -0.1) is 0 Å². The summed E-state index contributed by atoms with van der Waals surface area (Å²) < 4.78 is 55.4. The van der Waals surface area contributed by atoms with Crippen molar-refractivity contribution in [2.24, 2.45) is 0 Å². The van der Waals surface area contributed by atoms with E-state index in [1.54, 1.807) is 0 Å². The molecule has 10 nitrogen and oxygen atoms in total. The molecule has 2 heterocycles. The summed E-state index contributed by atoms with van der Waals surface area (Å²) >= 11 is 0. The summed E-state index contributed by atoms with van der Waals surface area (Å²) in [6, 6.07) is 14.0. The number of fused-ring (bicyclic) bond motifs is 4. The molecule has 1 amide bonds. The molecule has 3 aromatic carbocycles. The number of hydrogen-bond donors (Lipinski definition) is 1. The van der Waals surface area contributed by atoms with Gasteiger partial charge in [0, 0.05) is 39.0 Å². The Morgan fingerprint density at radius 2 is 1.04 bits per heavy atom. The first-order valence-electron chi connectivity index (χ1n) is 20.4. The molecule has 1 N–H and O–H groups in total. The zero-order chi connectivity index (χ0) is 39.0. The minimum Gasteiger partial charge on any atom is -0.445 e. The number of likely N-dealkylation sites (tertiary alicyclic amines) is 1. The maximum absolute atomic E-state index is 12.9. The fourth-order valence-electron chi connectivity index (χ4n) is 9.62. The Balaban J connectivity index is 0.000000168. The average Bonchev–Trinajstić information content (AvgIpc) is 3.93. The average molecular weight is 801 g/mol. The number of aryl methyl sites for hydroxylation is 4. The number of amides is 1. The second-order valence-corrected chi connectivity index (χ2v) is 21.1. The Kier molecular flexibility index (Phi) is 11.3. The van der Waals surface area contributed by atoms with Gasteiger partial charge in [0.25, 0.3) is 0 Å². The Labute approximate surface area is 330 Å². The van der Waals surface area contributed by atoms with Crippen molar-refractivity contribution in [2.75, 3.05) is 37.7 Å². The van der Waals surface area contributed by atoms with E-state index in [-0.39, 0.29) is 48.7 Å². The van der Waals surface area contributed by atoms with Crippen LogP contribution in [0.15, 0.2) is 42.5 Å². The summed E-state index contributed by atoms with van der Waals surface area (Å²) in [6.45, 7) is 1.30. The molecule has 2 fully saturated rings. The minimum absolute atomic E-state index is 0.0827. The van der Waals surface area contributed by atoms with Gasteiger partial charge in [-0.05, 0) is 138 Å². The van der Waals surface area contributed by atoms with Gasteiger partial charge in [0.2, 0.25) is 0 Å². The molecule has 6 aliphatic rings. The van der Waals surface area contributed by atoms with E-state index in [0.29, 0.717) is 19.5 Å². The van der Waals surface area contributed by atoms with E-state index < -0.39 is 36.8 Å². The van der Waals surface area contributed by atoms with E-state index in [1.807, 2.05) is 30.3 Å². The van der Waals surface area contributed by atoms with Crippen molar-refractivity contribution in [1.82, 2.24) is 10.2 Å². The van der Waals surface area contributed by atoms with Crippen molar-refractivity contribution >= 4 is 37.3 Å². The number of Topliss-reactive ketones (excluding diaryl/α,β-unsaturated/α-hetero) is 2. The lowest BCUT2D eigenvalue weighted by Gasteiger charge is -2.37. The summed E-state index contributed by atoms with van der Waals surface area (Å²) in [6.07, 6.45) is 12.9. The van der Waals surface area contributed by atoms with E-state index in [0.717, 1.165) is 88.2 Å². The highest BCUT2D eigenvalue weighted by Crippen LogP contribution is 2.37. The molecule has 0 aromatic heterocycles. The van der Waals surface area contributed by atoms with Crippen LogP contribution in [0.2, 0.25) is 0 Å². The van der Waals surface area contributed by atoms with Crippen LogP contribution in [0.4, 0.5) is 4.79 Å². The largest absolute Gasteiger partial charge is 0.445 e. The number of nitrogens with zero attached hydrogens (tertiary/aromatic N) is 1. The zero-order valence-electron chi connectivity index (χ0n) is 32.1. The predicted molar refractivity (Wildman–Crippen MR) is 215 cm³/mol. The molecule has 3 aromatic rings. The highest BCUT2D eigenvalue weighted by Gasteiger charge is 2.41. The van der Waals surface area contributed by atoms with Crippen molar-refractivity contribution in [1.29, 1.82) is 0 Å². The van der Waals surface area contributed by atoms with Crippen LogP contribution >= 0.6 is 0 Å². The molecular weight excluding hydrogens is 749 g/mol. The molecule has 298 valence electrons. The zero-order valence-corrected chi connectivity index (χ0v) is 33.7. The summed E-state index contributed by atoms with van der Waals surface area (Å²) in [5.74, 6) is -1.12. The maximum Gasteiger partial charge on any atom is 0.410 e. The lowest BCUT2D eigenvalue weighted by atomic mass is 9.91. The molecule has 0 radical (unpaired) electrons. The third kappa shape index (κ3) is 8.25. The van der Waals surface area contributed by atoms with Crippen molar-refractivity contribution in [3.63, 3.8) is 0 Å². The van der Waals surface area contributed by atoms with Crippen molar-refractivity contribution in [2.45, 2.75) is 107 Å². The highest BCUT2D eigenvalue weighted by atomic mass is 32.2. The van der Waals surface area contributed by atoms with E-state index in [9.17, 15) is 31.2 Å². The first kappa shape index (κ1) is 39.0. The monoisotopic (exact) mass is 800 g/mol. The van der Waals surface area contributed by atoms with Gasteiger partial charge in [-0.1, -0.05) is 42.5 Å². The minimum atomic E-state index is -3.60. The van der Waals surface area contributed by atoms with Crippen molar-refractivity contribution in [3.05, 3.63) is 104 Å². The number of hydrogen-bond acceptors (Lipinski definition) is 9. The lowest BCUT2D eigenvalue weighted by Crippen LogP contribution is -2.57. The topological polar surface area (TPSA) is 144 Å². The Morgan fingerprint density at radius 1 is 0.607 bits per heavy atom. The lowest BCUT2D eigenvalue weighted by molar-refractivity contribution is -0.117. The Morgan fingerprint density at radius 3 is 1.45 bits per heavy atom. The number of nitrogens with one attached hydrogen (secondary N) is 1. The van der Waals surface area contributed by atoms with Crippen LogP contribution in [-0.4, -0.2) is 87.6 Å². The number of rotatable bonds is 12. The number of sulfone groups is 2. The smallest absolute Gasteiger partial charge is 0.410 e. The van der Waals surface area contributed by atoms with Crippen molar-refractivity contribution < 1.29 is 36.0 Å². The first-order valence-corrected chi connectivity index (χ1v) is 23.8. The molecule has 56 heavy (non-hydrogen) atoms. The summed E-state index contributed by atoms with van der Waals surface area (Å²) in [5, 5.41) is 1.91. The van der Waals surface area contributed by atoms with Crippen LogP contribution in [0, 0.1) is 0 Å². The van der Waals surface area contributed by atoms with Gasteiger partial charge < -0.3 is 15.0 Å². The van der Waals surface area contributed by atoms with Crippen LogP contribution in [0.5, 0.6) is 0 Å². The van der Waals surface area contributed by atoms with Gasteiger partial charge in [-0.2, -0.15) is 0 Å². The predicted octanol–water partition coefficient (Wildman–Crippen LogP) is 4.37. The quantitative estimate of drug-likeness (QED) is 0.283. The number of benzene rings is 3. The maximum atomic E-state index is 12.9. The molecule has 9 rings (SSSR count). The van der Waals surface area contributed by atoms with Crippen LogP contribution in [0.1, 0.15) is 86.9 Å². The molecule has 4 aliphatic carbocycles. The van der Waals surface area contributed by atoms with Crippen LogP contribution in [0.3, 0.4) is 0 Å². The third-order valence-corrected chi connectivity index (χ3v) is 16.9. The highest BCUT2D eigenvalue weighted by molar-refractivity contribution is 7.93. The number of carbonyl (C=O) groups is 3. The second kappa shape index (κ2) is 16.2. The van der Waals surface area contributed by atoms with Crippen LogP contribution in [0.25, 0.3) is 0 Å². The van der Waals surface area contributed by atoms with Crippen LogP contribution < -0.4 is 5.32 Å². The van der Waals surface area contributed by atoms with E-state index in [2.05, 4.69) is 17.4 Å². The van der Waals surface area contributed by atoms with Gasteiger partial charge in [-0.3, -0.25) is 9.59 Å². The first-order chi connectivity index (χ1) is 26.9. The standard InChI is InChI=1S/C26H29NO5S.C18H23NO3S/c28-21(13-25-23-10-4-8-19(23)12-20-9-5-11-24(20)25)17-33(30,31)22-14-27(15-22)26(29)32-16-18-6-2-1-3-7-18;20-14(11-23(21,22)15-9-19-10-15)8-18-16-5-1-3-12(16)7-13-4-2-6-17(13)18/h1-3,6-7,12,22H,4-5,8-11,13-17H2;7,15,19H,1-6,8-11H2. The summed E-state index contributed by atoms with van der Waals surface area (Å²) in [5.41, 5.74) is 13.9. The number of carbonyl (C=O) groups excluding carboxylic acids is 3. The summed E-state index contributed by atoms with van der Waals surface area (Å²) in [4.78, 5) is 38.9. The Bertz CT molecular complexity index is 2190. The fourth-order valence-corrected chi connectivity index (χ4v) is 12.7. The molecular formula is C44H52N2O8S2. The fraction of sp³-hybridized carbons (Fsp3) is 0.523. The normalized spacial score (nSPS) is 18.5. The summed E-state index contributed by atoms with van der Waals surface area (Å²) in [7, 11) is -6.89. The Hall–Kier alpha value is -3.87. The van der Waals surface area contributed by atoms with Gasteiger partial charge in [0.05, 0.1) is 10.5 Å². The molecule has 0 saturated carbocycles.